The van der Waals surface area contributed by atoms with E-state index < -0.39 is 0 Å². The number of rotatable bonds is 7. The summed E-state index contributed by atoms with van der Waals surface area (Å²) in [5.74, 6) is 0.619. The lowest BCUT2D eigenvalue weighted by Gasteiger charge is -2.36. The second-order valence-corrected chi connectivity index (χ2v) is 7.78. The lowest BCUT2D eigenvalue weighted by Crippen LogP contribution is -2.42. The number of hydrogen-bond acceptors (Lipinski definition) is 5. The molecule has 0 radical (unpaired) electrons. The largest absolute Gasteiger partial charge is 0.370 e. The van der Waals surface area contributed by atoms with Crippen molar-refractivity contribution in [1.29, 1.82) is 0 Å². The summed E-state index contributed by atoms with van der Waals surface area (Å²) in [5.41, 5.74) is 2.26. The van der Waals surface area contributed by atoms with E-state index >= 15 is 0 Å². The molecule has 0 unspecified atom stereocenters. The third-order valence-corrected chi connectivity index (χ3v) is 4.87. The number of ether oxygens (including phenoxy) is 1. The van der Waals surface area contributed by atoms with Gasteiger partial charge in [0.15, 0.2) is 0 Å². The molecule has 3 atom stereocenters. The van der Waals surface area contributed by atoms with Crippen molar-refractivity contribution in [2.24, 2.45) is 0 Å². The van der Waals surface area contributed by atoms with E-state index in [4.69, 9.17) is 4.74 Å². The molecule has 0 bridgehead atoms. The topological polar surface area (TPSA) is 76.1 Å². The number of amides is 1. The number of aromatic nitrogens is 2. The number of nitrogens with zero attached hydrogens (tertiary/aromatic N) is 2. The molecule has 2 N–H and O–H groups in total. The summed E-state index contributed by atoms with van der Waals surface area (Å²) in [4.78, 5) is 20.4. The van der Waals surface area contributed by atoms with Crippen LogP contribution in [0.25, 0.3) is 0 Å². The van der Waals surface area contributed by atoms with E-state index in [1.165, 1.54) is 5.56 Å². The number of benzene rings is 1. The number of aryl methyl sites for hydroxylation is 1. The van der Waals surface area contributed by atoms with Crippen molar-refractivity contribution in [3.05, 3.63) is 53.9 Å². The van der Waals surface area contributed by atoms with Crippen LogP contribution in [0.15, 0.2) is 42.7 Å². The molecule has 3 rings (SSSR count). The Bertz CT molecular complexity index is 749. The molecule has 1 aliphatic heterocycles. The zero-order chi connectivity index (χ0) is 19.9. The minimum atomic E-state index is -0.112. The first-order valence-electron chi connectivity index (χ1n) is 10.0. The van der Waals surface area contributed by atoms with E-state index in [1.807, 2.05) is 18.5 Å². The van der Waals surface area contributed by atoms with Crippen molar-refractivity contribution in [2.45, 2.75) is 70.7 Å². The molecule has 1 aromatic carbocycles. The van der Waals surface area contributed by atoms with Gasteiger partial charge in [-0.3, -0.25) is 4.79 Å². The molecule has 1 aromatic heterocycles. The van der Waals surface area contributed by atoms with Gasteiger partial charge in [-0.05, 0) is 45.1 Å². The van der Waals surface area contributed by atoms with Gasteiger partial charge in [0.1, 0.15) is 0 Å². The summed E-state index contributed by atoms with van der Waals surface area (Å²) in [6, 6.07) is 10.8. The van der Waals surface area contributed by atoms with Crippen molar-refractivity contribution < 1.29 is 9.53 Å². The minimum Gasteiger partial charge on any atom is -0.370 e. The fraction of sp³-hybridized carbons (Fsp3) is 0.500. The first-order chi connectivity index (χ1) is 13.5. The first-order valence-corrected chi connectivity index (χ1v) is 10.0. The third-order valence-electron chi connectivity index (χ3n) is 4.87. The average molecular weight is 383 g/mol. The molecule has 1 fully saturated rings. The predicted octanol–water partition coefficient (Wildman–Crippen LogP) is 3.65. The molecule has 2 aromatic rings. The molecule has 28 heavy (non-hydrogen) atoms. The van der Waals surface area contributed by atoms with Gasteiger partial charge in [-0.25, -0.2) is 9.97 Å². The zero-order valence-corrected chi connectivity index (χ0v) is 16.9. The molecule has 0 spiro atoms. The molecule has 6 heteroatoms. The Labute approximate surface area is 167 Å². The van der Waals surface area contributed by atoms with Gasteiger partial charge in [0.05, 0.1) is 12.2 Å². The van der Waals surface area contributed by atoms with Crippen LogP contribution >= 0.6 is 0 Å². The number of anilines is 1. The number of carbonyl (C=O) groups is 1. The molecule has 2 heterocycles. The molecule has 1 amide bonds. The lowest BCUT2D eigenvalue weighted by molar-refractivity contribution is -0.122. The molecule has 1 saturated heterocycles. The predicted molar refractivity (Wildman–Crippen MR) is 110 cm³/mol. The Morgan fingerprint density at radius 1 is 1.18 bits per heavy atom. The number of hydrogen-bond donors (Lipinski definition) is 2. The van der Waals surface area contributed by atoms with Crippen molar-refractivity contribution in [3.8, 4) is 0 Å². The highest BCUT2D eigenvalue weighted by Gasteiger charge is 2.31. The molecule has 1 aliphatic rings. The van der Waals surface area contributed by atoms with Gasteiger partial charge < -0.3 is 15.4 Å². The van der Waals surface area contributed by atoms with E-state index in [2.05, 4.69) is 58.7 Å². The van der Waals surface area contributed by atoms with Crippen molar-refractivity contribution in [3.63, 3.8) is 0 Å². The monoisotopic (exact) mass is 382 g/mol. The van der Waals surface area contributed by atoms with Crippen molar-refractivity contribution >= 4 is 11.9 Å². The van der Waals surface area contributed by atoms with Crippen LogP contribution in [-0.2, 0) is 16.0 Å². The maximum Gasteiger partial charge on any atom is 0.222 e. The summed E-state index contributed by atoms with van der Waals surface area (Å²) in [7, 11) is 0. The van der Waals surface area contributed by atoms with Crippen molar-refractivity contribution in [2.75, 3.05) is 5.32 Å². The second kappa shape index (κ2) is 9.64. The summed E-state index contributed by atoms with van der Waals surface area (Å²) in [6.07, 6.45) is 7.07. The highest BCUT2D eigenvalue weighted by atomic mass is 16.5. The van der Waals surface area contributed by atoms with Gasteiger partial charge in [-0.1, -0.05) is 30.3 Å². The van der Waals surface area contributed by atoms with Crippen LogP contribution in [0.4, 0.5) is 5.95 Å². The van der Waals surface area contributed by atoms with Crippen LogP contribution in [0.3, 0.4) is 0 Å². The normalized spacial score (nSPS) is 22.1. The maximum atomic E-state index is 11.6. The molecule has 0 saturated carbocycles. The van der Waals surface area contributed by atoms with E-state index in [0.717, 1.165) is 31.2 Å². The summed E-state index contributed by atoms with van der Waals surface area (Å²) >= 11 is 0. The molecule has 0 aliphatic carbocycles. The standard InChI is InChI=1S/C22H30N4O2/c1-15(2)25-22-23-13-18(14-24-22)21-12-19(26-16(3)27)11-20(28-21)10-9-17-7-5-4-6-8-17/h4-8,13-15,19-21H,9-12H2,1-3H3,(H,26,27)(H,23,24,25)/t19-,20+,21+/m1/s1. The quantitative estimate of drug-likeness (QED) is 0.764. The van der Waals surface area contributed by atoms with Crippen LogP contribution < -0.4 is 10.6 Å². The first kappa shape index (κ1) is 20.3. The van der Waals surface area contributed by atoms with E-state index in [9.17, 15) is 4.79 Å². The van der Waals surface area contributed by atoms with Gasteiger partial charge in [-0.2, -0.15) is 0 Å². The second-order valence-electron chi connectivity index (χ2n) is 7.78. The summed E-state index contributed by atoms with van der Waals surface area (Å²) < 4.78 is 6.38. The Balaban J connectivity index is 1.67. The maximum absolute atomic E-state index is 11.6. The molecule has 150 valence electrons. The molecule has 6 nitrogen and oxygen atoms in total. The highest BCUT2D eigenvalue weighted by Crippen LogP contribution is 2.33. The lowest BCUT2D eigenvalue weighted by atomic mass is 9.92. The number of carbonyl (C=O) groups excluding carboxylic acids is 1. The van der Waals surface area contributed by atoms with E-state index in [-0.39, 0.29) is 30.2 Å². The van der Waals surface area contributed by atoms with Crippen LogP contribution in [0.2, 0.25) is 0 Å². The Hall–Kier alpha value is -2.47. The van der Waals surface area contributed by atoms with Gasteiger partial charge in [-0.15, -0.1) is 0 Å². The van der Waals surface area contributed by atoms with Gasteiger partial charge in [0.2, 0.25) is 11.9 Å². The fourth-order valence-corrected chi connectivity index (χ4v) is 3.63. The van der Waals surface area contributed by atoms with Gasteiger partial charge in [0, 0.05) is 37.0 Å². The third kappa shape index (κ3) is 6.02. The fourth-order valence-electron chi connectivity index (χ4n) is 3.63. The van der Waals surface area contributed by atoms with Gasteiger partial charge in [0.25, 0.3) is 0 Å². The van der Waals surface area contributed by atoms with Crippen LogP contribution in [0.1, 0.15) is 57.3 Å². The van der Waals surface area contributed by atoms with E-state index in [0.29, 0.717) is 5.95 Å². The SMILES string of the molecule is CC(=O)N[C@@H]1C[C@H](CCc2ccccc2)O[C@H](c2cnc(NC(C)C)nc2)C1. The summed E-state index contributed by atoms with van der Waals surface area (Å²) in [6.45, 7) is 5.67. The Morgan fingerprint density at radius 2 is 1.89 bits per heavy atom. The average Bonchev–Trinajstić information content (AvgIpc) is 2.67. The van der Waals surface area contributed by atoms with Gasteiger partial charge >= 0.3 is 0 Å². The number of nitrogens with one attached hydrogen (secondary N) is 2. The highest BCUT2D eigenvalue weighted by molar-refractivity contribution is 5.73. The van der Waals surface area contributed by atoms with Crippen LogP contribution in [-0.4, -0.2) is 34.1 Å². The van der Waals surface area contributed by atoms with E-state index in [1.54, 1.807) is 6.92 Å². The van der Waals surface area contributed by atoms with Crippen molar-refractivity contribution in [1.82, 2.24) is 15.3 Å². The molecular formula is C22H30N4O2. The minimum absolute atomic E-state index is 0.000177. The van der Waals surface area contributed by atoms with Crippen LogP contribution in [0.5, 0.6) is 0 Å². The smallest absolute Gasteiger partial charge is 0.222 e. The van der Waals surface area contributed by atoms with Crippen LogP contribution in [0, 0.1) is 0 Å². The zero-order valence-electron chi connectivity index (χ0n) is 16.9. The molecular weight excluding hydrogens is 352 g/mol. The Morgan fingerprint density at radius 3 is 2.54 bits per heavy atom. The Kier molecular flexibility index (Phi) is 6.98. The summed E-state index contributed by atoms with van der Waals surface area (Å²) in [5, 5.41) is 6.27.